The lowest BCUT2D eigenvalue weighted by Gasteiger charge is -2.06. The van der Waals surface area contributed by atoms with Crippen LogP contribution >= 0.6 is 11.6 Å². The molecule has 0 atom stereocenters. The highest BCUT2D eigenvalue weighted by Gasteiger charge is 2.09. The minimum atomic E-state index is -0.0421. The first-order valence-electron chi connectivity index (χ1n) is 7.11. The summed E-state index contributed by atoms with van der Waals surface area (Å²) in [7, 11) is 0. The molecule has 2 aromatic carbocycles. The van der Waals surface area contributed by atoms with E-state index in [9.17, 15) is 4.79 Å². The van der Waals surface area contributed by atoms with E-state index in [1.807, 2.05) is 55.5 Å². The summed E-state index contributed by atoms with van der Waals surface area (Å²) >= 11 is 6.11. The lowest BCUT2D eigenvalue weighted by Crippen LogP contribution is -2.15. The smallest absolute Gasteiger partial charge is 0.226 e. The summed E-state index contributed by atoms with van der Waals surface area (Å²) in [4.78, 5) is 12.0. The topological polar surface area (TPSA) is 46.9 Å². The van der Waals surface area contributed by atoms with Gasteiger partial charge in [0.25, 0.3) is 0 Å². The molecule has 3 rings (SSSR count). The number of halogens is 1. The maximum atomic E-state index is 12.0. The van der Waals surface area contributed by atoms with Crippen molar-refractivity contribution >= 4 is 34.1 Å². The van der Waals surface area contributed by atoms with Crippen LogP contribution in [0.3, 0.4) is 0 Å². The molecule has 22 heavy (non-hydrogen) atoms. The Labute approximate surface area is 133 Å². The summed E-state index contributed by atoms with van der Waals surface area (Å²) in [6.45, 7) is 2.50. The summed E-state index contributed by atoms with van der Waals surface area (Å²) in [5, 5.41) is 8.54. The van der Waals surface area contributed by atoms with Gasteiger partial charge in [0.1, 0.15) is 0 Å². The molecule has 1 aromatic heterocycles. The van der Waals surface area contributed by atoms with E-state index < -0.39 is 0 Å². The van der Waals surface area contributed by atoms with E-state index in [0.29, 0.717) is 18.1 Å². The predicted octanol–water partition coefficient (Wildman–Crippen LogP) is 4.03. The molecule has 1 amide bonds. The number of aryl methyl sites for hydroxylation is 2. The fourth-order valence-electron chi connectivity index (χ4n) is 2.33. The normalized spacial score (nSPS) is 10.8. The molecule has 0 aliphatic carbocycles. The van der Waals surface area contributed by atoms with Gasteiger partial charge in [-0.25, -0.2) is 0 Å². The number of carbonyl (C=O) groups excluding carboxylic acids is 1. The Morgan fingerprint density at radius 1 is 1.18 bits per heavy atom. The molecule has 5 heteroatoms. The van der Waals surface area contributed by atoms with Crippen molar-refractivity contribution in [1.29, 1.82) is 0 Å². The van der Waals surface area contributed by atoms with Gasteiger partial charge < -0.3 is 5.32 Å². The van der Waals surface area contributed by atoms with Gasteiger partial charge in [-0.1, -0.05) is 41.4 Å². The molecule has 0 spiro atoms. The highest BCUT2D eigenvalue weighted by molar-refractivity contribution is 6.34. The zero-order chi connectivity index (χ0) is 15.5. The number of benzene rings is 2. The van der Waals surface area contributed by atoms with Gasteiger partial charge in [0, 0.05) is 17.5 Å². The zero-order valence-corrected chi connectivity index (χ0v) is 13.0. The van der Waals surface area contributed by atoms with Crippen molar-refractivity contribution in [3.05, 3.63) is 59.2 Å². The Balaban J connectivity index is 1.66. The number of amides is 1. The van der Waals surface area contributed by atoms with Crippen molar-refractivity contribution in [1.82, 2.24) is 9.78 Å². The van der Waals surface area contributed by atoms with Crippen LogP contribution in [0.25, 0.3) is 10.9 Å². The summed E-state index contributed by atoms with van der Waals surface area (Å²) in [6.07, 6.45) is 0.343. The summed E-state index contributed by atoms with van der Waals surface area (Å²) in [5.41, 5.74) is 2.91. The largest absolute Gasteiger partial charge is 0.326 e. The van der Waals surface area contributed by atoms with Gasteiger partial charge in [-0.15, -0.1) is 0 Å². The quantitative estimate of drug-likeness (QED) is 0.790. The van der Waals surface area contributed by atoms with E-state index in [2.05, 4.69) is 10.4 Å². The molecule has 4 nitrogen and oxygen atoms in total. The van der Waals surface area contributed by atoms with Crippen LogP contribution in [-0.2, 0) is 11.3 Å². The highest BCUT2D eigenvalue weighted by Crippen LogP contribution is 2.22. The second-order valence-electron chi connectivity index (χ2n) is 5.20. The number of aromatic nitrogens is 2. The van der Waals surface area contributed by atoms with Crippen LogP contribution in [0.1, 0.15) is 12.0 Å². The lowest BCUT2D eigenvalue weighted by molar-refractivity contribution is -0.116. The number of nitrogens with zero attached hydrogens (tertiary/aromatic N) is 2. The Hall–Kier alpha value is -2.33. The molecule has 3 aromatic rings. The standard InChI is InChI=1S/C17H16ClN3O/c1-12-6-8-13(9-7-12)19-16(22)10-11-21-15-5-3-2-4-14(15)17(18)20-21/h2-9H,10-11H2,1H3,(H,19,22). The van der Waals surface area contributed by atoms with E-state index >= 15 is 0 Å². The fourth-order valence-corrected chi connectivity index (χ4v) is 2.58. The number of rotatable bonds is 4. The van der Waals surface area contributed by atoms with Gasteiger partial charge in [-0.05, 0) is 31.2 Å². The molecule has 0 unspecified atom stereocenters. The molecular formula is C17H16ClN3O. The van der Waals surface area contributed by atoms with Gasteiger partial charge in [0.2, 0.25) is 5.91 Å². The molecule has 0 aliphatic rings. The van der Waals surface area contributed by atoms with Gasteiger partial charge in [0.15, 0.2) is 5.15 Å². The van der Waals surface area contributed by atoms with Crippen molar-refractivity contribution in [3.63, 3.8) is 0 Å². The Bertz CT molecular complexity index is 808. The van der Waals surface area contributed by atoms with Crippen molar-refractivity contribution in [2.75, 3.05) is 5.32 Å². The lowest BCUT2D eigenvalue weighted by atomic mass is 10.2. The van der Waals surface area contributed by atoms with Crippen molar-refractivity contribution in [2.45, 2.75) is 19.9 Å². The van der Waals surface area contributed by atoms with Crippen LogP contribution in [0.5, 0.6) is 0 Å². The molecule has 0 aliphatic heterocycles. The van der Waals surface area contributed by atoms with Crippen LogP contribution in [-0.4, -0.2) is 15.7 Å². The number of anilines is 1. The molecule has 1 N–H and O–H groups in total. The average Bonchev–Trinajstić information content (AvgIpc) is 2.85. The molecule has 1 heterocycles. The first-order valence-corrected chi connectivity index (χ1v) is 7.49. The van der Waals surface area contributed by atoms with Crippen LogP contribution in [0, 0.1) is 6.92 Å². The van der Waals surface area contributed by atoms with Crippen LogP contribution in [0.15, 0.2) is 48.5 Å². The van der Waals surface area contributed by atoms with Crippen molar-refractivity contribution in [2.24, 2.45) is 0 Å². The van der Waals surface area contributed by atoms with E-state index in [1.165, 1.54) is 0 Å². The first kappa shape index (κ1) is 14.6. The number of fused-ring (bicyclic) bond motifs is 1. The van der Waals surface area contributed by atoms with E-state index in [0.717, 1.165) is 22.2 Å². The zero-order valence-electron chi connectivity index (χ0n) is 12.2. The Morgan fingerprint density at radius 2 is 1.91 bits per heavy atom. The second-order valence-corrected chi connectivity index (χ2v) is 5.55. The minimum Gasteiger partial charge on any atom is -0.326 e. The third-order valence-corrected chi connectivity index (χ3v) is 3.78. The van der Waals surface area contributed by atoms with Gasteiger partial charge in [-0.3, -0.25) is 9.48 Å². The molecule has 0 saturated heterocycles. The van der Waals surface area contributed by atoms with Crippen LogP contribution in [0.4, 0.5) is 5.69 Å². The SMILES string of the molecule is Cc1ccc(NC(=O)CCn2nc(Cl)c3ccccc32)cc1. The number of nitrogens with one attached hydrogen (secondary N) is 1. The van der Waals surface area contributed by atoms with Gasteiger partial charge >= 0.3 is 0 Å². The summed E-state index contributed by atoms with van der Waals surface area (Å²) in [5.74, 6) is -0.0421. The molecule has 0 saturated carbocycles. The molecule has 0 radical (unpaired) electrons. The fraction of sp³-hybridized carbons (Fsp3) is 0.176. The number of para-hydroxylation sites is 1. The molecule has 0 bridgehead atoms. The van der Waals surface area contributed by atoms with Crippen molar-refractivity contribution in [3.8, 4) is 0 Å². The Morgan fingerprint density at radius 3 is 2.68 bits per heavy atom. The second kappa shape index (κ2) is 6.20. The molecule has 112 valence electrons. The first-order chi connectivity index (χ1) is 10.6. The maximum Gasteiger partial charge on any atom is 0.226 e. The van der Waals surface area contributed by atoms with Crippen molar-refractivity contribution < 1.29 is 4.79 Å². The van der Waals surface area contributed by atoms with Gasteiger partial charge in [-0.2, -0.15) is 5.10 Å². The number of carbonyl (C=O) groups is 1. The predicted molar refractivity (Wildman–Crippen MR) is 89.2 cm³/mol. The maximum absolute atomic E-state index is 12.0. The van der Waals surface area contributed by atoms with E-state index in [4.69, 9.17) is 11.6 Å². The van der Waals surface area contributed by atoms with E-state index in [1.54, 1.807) is 4.68 Å². The molecular weight excluding hydrogens is 298 g/mol. The van der Waals surface area contributed by atoms with Gasteiger partial charge in [0.05, 0.1) is 12.1 Å². The Kier molecular flexibility index (Phi) is 4.11. The monoisotopic (exact) mass is 313 g/mol. The summed E-state index contributed by atoms with van der Waals surface area (Å²) in [6, 6.07) is 15.5. The summed E-state index contributed by atoms with van der Waals surface area (Å²) < 4.78 is 1.77. The number of hydrogen-bond acceptors (Lipinski definition) is 2. The third kappa shape index (κ3) is 3.12. The third-order valence-electron chi connectivity index (χ3n) is 3.50. The van der Waals surface area contributed by atoms with Crippen LogP contribution in [0.2, 0.25) is 5.15 Å². The average molecular weight is 314 g/mol. The van der Waals surface area contributed by atoms with E-state index in [-0.39, 0.29) is 5.91 Å². The highest BCUT2D eigenvalue weighted by atomic mass is 35.5. The molecule has 0 fully saturated rings. The number of hydrogen-bond donors (Lipinski definition) is 1. The van der Waals surface area contributed by atoms with Crippen LogP contribution < -0.4 is 5.32 Å². The minimum absolute atomic E-state index is 0.0421.